The molecule has 0 spiro atoms. The summed E-state index contributed by atoms with van der Waals surface area (Å²) in [6.07, 6.45) is 2.78. The summed E-state index contributed by atoms with van der Waals surface area (Å²) in [5.74, 6) is 0.423. The third-order valence-electron chi connectivity index (χ3n) is 4.40. The topological polar surface area (TPSA) is 73.7 Å². The van der Waals surface area contributed by atoms with E-state index in [1.807, 2.05) is 0 Å². The molecule has 1 amide bonds. The van der Waals surface area contributed by atoms with Gasteiger partial charge in [-0.3, -0.25) is 9.78 Å². The van der Waals surface area contributed by atoms with Crippen molar-refractivity contribution in [3.63, 3.8) is 0 Å². The van der Waals surface area contributed by atoms with Crippen LogP contribution in [0.3, 0.4) is 0 Å². The Hall–Kier alpha value is -1.17. The Balaban J connectivity index is 1.74. The molecule has 0 bridgehead atoms. The van der Waals surface area contributed by atoms with Gasteiger partial charge in [0.1, 0.15) is 0 Å². The van der Waals surface area contributed by atoms with Gasteiger partial charge in [-0.05, 0) is 30.7 Å². The van der Waals surface area contributed by atoms with E-state index in [9.17, 15) is 15.0 Å². The predicted molar refractivity (Wildman–Crippen MR) is 73.4 cm³/mol. The number of aliphatic hydroxyl groups excluding tert-OH is 2. The Kier molecular flexibility index (Phi) is 3.67. The summed E-state index contributed by atoms with van der Waals surface area (Å²) in [6, 6.07) is 1.62. The summed E-state index contributed by atoms with van der Waals surface area (Å²) in [7, 11) is 0. The molecular formula is C14H17ClN2O3. The molecule has 1 saturated heterocycles. The maximum Gasteiger partial charge on any atom is 0.255 e. The lowest BCUT2D eigenvalue weighted by Crippen LogP contribution is -2.38. The van der Waals surface area contributed by atoms with E-state index in [2.05, 4.69) is 4.98 Å². The molecule has 1 aromatic rings. The van der Waals surface area contributed by atoms with Crippen LogP contribution in [0.4, 0.5) is 0 Å². The highest BCUT2D eigenvalue weighted by molar-refractivity contribution is 6.33. The number of pyridine rings is 1. The third-order valence-corrected chi connectivity index (χ3v) is 4.70. The number of hydrogen-bond donors (Lipinski definition) is 2. The van der Waals surface area contributed by atoms with Crippen LogP contribution in [0.1, 0.15) is 23.2 Å². The van der Waals surface area contributed by atoms with Crippen LogP contribution in [0, 0.1) is 11.8 Å². The van der Waals surface area contributed by atoms with Crippen LogP contribution in [-0.2, 0) is 0 Å². The minimum atomic E-state index is -0.671. The Morgan fingerprint density at radius 2 is 1.85 bits per heavy atom. The molecule has 108 valence electrons. The number of hydrogen-bond acceptors (Lipinski definition) is 4. The molecule has 1 saturated carbocycles. The van der Waals surface area contributed by atoms with Gasteiger partial charge < -0.3 is 15.1 Å². The van der Waals surface area contributed by atoms with E-state index in [1.165, 1.54) is 6.20 Å². The van der Waals surface area contributed by atoms with Crippen molar-refractivity contribution < 1.29 is 15.0 Å². The van der Waals surface area contributed by atoms with Crippen LogP contribution in [0.5, 0.6) is 0 Å². The zero-order valence-electron chi connectivity index (χ0n) is 10.9. The molecule has 20 heavy (non-hydrogen) atoms. The zero-order valence-corrected chi connectivity index (χ0v) is 11.7. The summed E-state index contributed by atoms with van der Waals surface area (Å²) in [4.78, 5) is 18.1. The van der Waals surface area contributed by atoms with Crippen molar-refractivity contribution in [2.75, 3.05) is 13.1 Å². The monoisotopic (exact) mass is 296 g/mol. The first kappa shape index (κ1) is 13.8. The van der Waals surface area contributed by atoms with Gasteiger partial charge in [0.05, 0.1) is 22.8 Å². The average Bonchev–Trinajstić information content (AvgIpc) is 2.82. The zero-order chi connectivity index (χ0) is 14.3. The molecule has 3 rings (SSSR count). The number of carbonyl (C=O) groups excluding carboxylic acids is 1. The summed E-state index contributed by atoms with van der Waals surface area (Å²) in [5, 5.41) is 19.8. The van der Waals surface area contributed by atoms with E-state index in [4.69, 9.17) is 11.6 Å². The van der Waals surface area contributed by atoms with Crippen molar-refractivity contribution >= 4 is 17.5 Å². The first-order valence-corrected chi connectivity index (χ1v) is 7.19. The van der Waals surface area contributed by atoms with Gasteiger partial charge in [0.15, 0.2) is 0 Å². The molecule has 1 aliphatic carbocycles. The van der Waals surface area contributed by atoms with Gasteiger partial charge in [-0.25, -0.2) is 0 Å². The lowest BCUT2D eigenvalue weighted by atomic mass is 9.79. The maximum atomic E-state index is 12.5. The predicted octanol–water partition coefficient (Wildman–Crippen LogP) is 0.939. The SMILES string of the molecule is O=C(c1ccncc1Cl)N1C[C@H]2C[C@H](O)[C@@H](O)C[C@H]2C1. The molecule has 0 unspecified atom stereocenters. The molecule has 1 aliphatic heterocycles. The van der Waals surface area contributed by atoms with Gasteiger partial charge in [0, 0.05) is 25.5 Å². The second-order valence-corrected chi connectivity index (χ2v) is 6.10. The molecule has 2 heterocycles. The number of aliphatic hydroxyl groups is 2. The number of aromatic nitrogens is 1. The molecule has 2 aliphatic rings. The molecular weight excluding hydrogens is 280 g/mol. The smallest absolute Gasteiger partial charge is 0.255 e. The standard InChI is InChI=1S/C14H17ClN2O3/c15-11-5-16-2-1-10(11)14(20)17-6-8-3-12(18)13(19)4-9(8)7-17/h1-2,5,8-9,12-13,18-19H,3-4,6-7H2/t8-,9+,12-,13-/m0/s1. The van der Waals surface area contributed by atoms with Crippen LogP contribution >= 0.6 is 11.6 Å². The van der Waals surface area contributed by atoms with Crippen LogP contribution in [0.25, 0.3) is 0 Å². The number of carbonyl (C=O) groups is 1. The summed E-state index contributed by atoms with van der Waals surface area (Å²) in [6.45, 7) is 1.23. The first-order chi connectivity index (χ1) is 9.56. The molecule has 2 N–H and O–H groups in total. The van der Waals surface area contributed by atoms with Crippen molar-refractivity contribution in [3.05, 3.63) is 29.0 Å². The van der Waals surface area contributed by atoms with Crippen molar-refractivity contribution in [1.82, 2.24) is 9.88 Å². The fourth-order valence-electron chi connectivity index (χ4n) is 3.29. The van der Waals surface area contributed by atoms with E-state index >= 15 is 0 Å². The summed E-state index contributed by atoms with van der Waals surface area (Å²) in [5.41, 5.74) is 0.460. The number of halogens is 1. The van der Waals surface area contributed by atoms with Gasteiger partial charge in [-0.2, -0.15) is 0 Å². The van der Waals surface area contributed by atoms with E-state index in [-0.39, 0.29) is 17.7 Å². The van der Waals surface area contributed by atoms with Crippen LogP contribution in [0.15, 0.2) is 18.5 Å². The fourth-order valence-corrected chi connectivity index (χ4v) is 3.49. The van der Waals surface area contributed by atoms with Crippen LogP contribution < -0.4 is 0 Å². The molecule has 6 heteroatoms. The average molecular weight is 297 g/mol. The van der Waals surface area contributed by atoms with Crippen molar-refractivity contribution in [2.24, 2.45) is 11.8 Å². The Morgan fingerprint density at radius 1 is 1.25 bits per heavy atom. The lowest BCUT2D eigenvalue weighted by Gasteiger charge is -2.31. The minimum Gasteiger partial charge on any atom is -0.390 e. The summed E-state index contributed by atoms with van der Waals surface area (Å²) < 4.78 is 0. The molecule has 0 aromatic carbocycles. The Bertz CT molecular complexity index is 507. The van der Waals surface area contributed by atoms with Gasteiger partial charge in [0.25, 0.3) is 5.91 Å². The highest BCUT2D eigenvalue weighted by Crippen LogP contribution is 2.37. The number of nitrogens with zero attached hydrogens (tertiary/aromatic N) is 2. The van der Waals surface area contributed by atoms with Crippen molar-refractivity contribution in [1.29, 1.82) is 0 Å². The maximum absolute atomic E-state index is 12.5. The highest BCUT2D eigenvalue weighted by atomic mass is 35.5. The van der Waals surface area contributed by atoms with Gasteiger partial charge in [-0.1, -0.05) is 11.6 Å². The minimum absolute atomic E-state index is 0.101. The molecule has 1 aromatic heterocycles. The lowest BCUT2D eigenvalue weighted by molar-refractivity contribution is -0.0372. The quantitative estimate of drug-likeness (QED) is 0.809. The number of amides is 1. The second kappa shape index (κ2) is 5.31. The van der Waals surface area contributed by atoms with Gasteiger partial charge in [0.2, 0.25) is 0 Å². The third kappa shape index (κ3) is 2.41. The van der Waals surface area contributed by atoms with E-state index in [0.717, 1.165) is 0 Å². The molecule has 2 fully saturated rings. The fraction of sp³-hybridized carbons (Fsp3) is 0.571. The van der Waals surface area contributed by atoms with Gasteiger partial charge in [-0.15, -0.1) is 0 Å². The highest BCUT2D eigenvalue weighted by Gasteiger charge is 2.42. The molecule has 5 nitrogen and oxygen atoms in total. The first-order valence-electron chi connectivity index (χ1n) is 6.81. The number of rotatable bonds is 1. The van der Waals surface area contributed by atoms with E-state index in [1.54, 1.807) is 17.2 Å². The Morgan fingerprint density at radius 3 is 2.40 bits per heavy atom. The largest absolute Gasteiger partial charge is 0.390 e. The van der Waals surface area contributed by atoms with E-state index < -0.39 is 12.2 Å². The van der Waals surface area contributed by atoms with Gasteiger partial charge >= 0.3 is 0 Å². The number of likely N-dealkylation sites (tertiary alicyclic amines) is 1. The van der Waals surface area contributed by atoms with E-state index in [0.29, 0.717) is 36.5 Å². The molecule has 0 radical (unpaired) electrons. The summed E-state index contributed by atoms with van der Waals surface area (Å²) >= 11 is 6.01. The second-order valence-electron chi connectivity index (χ2n) is 5.69. The number of fused-ring (bicyclic) bond motifs is 1. The van der Waals surface area contributed by atoms with Crippen LogP contribution in [-0.4, -0.2) is 51.3 Å². The molecule has 4 atom stereocenters. The Labute approximate surface area is 122 Å². The van der Waals surface area contributed by atoms with Crippen molar-refractivity contribution in [2.45, 2.75) is 25.0 Å². The normalized spacial score (nSPS) is 33.0. The van der Waals surface area contributed by atoms with Crippen molar-refractivity contribution in [3.8, 4) is 0 Å². The van der Waals surface area contributed by atoms with Crippen LogP contribution in [0.2, 0.25) is 5.02 Å².